The Morgan fingerprint density at radius 1 is 0.478 bits per heavy atom. The summed E-state index contributed by atoms with van der Waals surface area (Å²) in [6.07, 6.45) is 9.41. The van der Waals surface area contributed by atoms with E-state index in [4.69, 9.17) is 25.3 Å². The Labute approximate surface area is 642 Å². The van der Waals surface area contributed by atoms with Crippen LogP contribution >= 0.6 is 112 Å². The van der Waals surface area contributed by atoms with E-state index >= 15 is 0 Å². The summed E-state index contributed by atoms with van der Waals surface area (Å²) in [6.45, 7) is 45.8. The summed E-state index contributed by atoms with van der Waals surface area (Å²) in [7, 11) is -5.31. The summed E-state index contributed by atoms with van der Waals surface area (Å²) in [4.78, 5) is 44.1. The third-order valence-electron chi connectivity index (χ3n) is 12.8. The molecular formula is C72H96BrClI4O8Si4Zn2. The first-order chi connectivity index (χ1) is 43.5. The van der Waals surface area contributed by atoms with E-state index in [1.54, 1.807) is 38.1 Å². The average Bonchev–Trinajstić information content (AvgIpc) is 1.19. The fourth-order valence-electron chi connectivity index (χ4n) is 7.81. The standard InChI is InChI=1S/C20H24O2Si.C16H24O2Si.C11H15ISi.C9H9O2.C6H4I2.C5H11ClSi.C5H9O2.BrH.HI.2Zn/c1-5-15-23(3,4)19-13-11-17(12-14-19)16-7-9-18(10-8-16)20(21)22-6-2;1-5-13-19(3,4)15-10-7-14(8-11-15)9-12-16(17)18-6-2;1-4-9-13(2,3)11-7-5-10(12)6-8-11;1-2-11-9(10)8-6-4-3-5-7-8;7-5-1-2-6(8)4-3-5;1-4-5-7(2,3)6;1-3-5(6)7-4-2;;;;/h5,7-14H,1,6,15H2,2-4H3;5,7-8,10-11H,1,6,9,12-13H2,2-4H3;4-8H,1,9H2,2-3H3;4-7H,2H2,1H3;1-4H;4H,1,5H2,2-3H3;1,3-4H2,2H3;2*1H;;/q;;;-1;;;-1;;;2*+2/p-2. The summed E-state index contributed by atoms with van der Waals surface area (Å²) in [5, 5.41) is 4.39. The third-order valence-corrected chi connectivity index (χ3v) is 26.3. The van der Waals surface area contributed by atoms with Gasteiger partial charge in [-0.2, -0.15) is 41.4 Å². The molecule has 0 spiro atoms. The summed E-state index contributed by atoms with van der Waals surface area (Å²) in [5.41, 5.74) is 4.62. The molecule has 6 aromatic rings. The molecule has 0 N–H and O–H groups in total. The van der Waals surface area contributed by atoms with E-state index in [-0.39, 0.29) is 30.3 Å². The molecule has 0 aliphatic carbocycles. The molecule has 0 fully saturated rings. The molecule has 6 aromatic carbocycles. The fraction of sp³-hybridized carbons (Fsp3) is 0.319. The first-order valence-corrected chi connectivity index (χ1v) is 63.1. The molecule has 8 nitrogen and oxygen atoms in total. The fourth-order valence-corrected chi connectivity index (χ4v) is 16.0. The van der Waals surface area contributed by atoms with E-state index in [1.165, 1.54) is 63.0 Å². The number of halogens is 6. The molecule has 0 aromatic heterocycles. The molecule has 0 amide bonds. The molecule has 0 aliphatic rings. The number of carbonyl (C=O) groups excluding carboxylic acids is 4. The van der Waals surface area contributed by atoms with Crippen LogP contribution in [0.2, 0.25) is 76.6 Å². The first-order valence-electron chi connectivity index (χ1n) is 30.1. The van der Waals surface area contributed by atoms with Gasteiger partial charge in [0, 0.05) is 17.1 Å². The van der Waals surface area contributed by atoms with Gasteiger partial charge in [0.25, 0.3) is 5.97 Å². The van der Waals surface area contributed by atoms with E-state index in [9.17, 15) is 19.2 Å². The number of allylic oxidation sites excluding steroid dienone is 4. The maximum absolute atomic E-state index is 11.7. The zero-order valence-corrected chi connectivity index (χ0v) is 77.3. The monoisotopic (exact) mass is 1950 g/mol. The Hall–Kier alpha value is -2.04. The number of esters is 4. The van der Waals surface area contributed by atoms with Gasteiger partial charge >= 0.3 is 82.4 Å². The van der Waals surface area contributed by atoms with Gasteiger partial charge in [0.2, 0.25) is 0 Å². The second kappa shape index (κ2) is 55.9. The van der Waals surface area contributed by atoms with Crippen LogP contribution in [0, 0.1) is 23.7 Å². The van der Waals surface area contributed by atoms with Crippen molar-refractivity contribution in [1.29, 1.82) is 0 Å². The number of carbonyl (C=O) groups is 4. The molecule has 0 heterocycles. The Morgan fingerprint density at radius 2 is 0.772 bits per heavy atom. The first kappa shape index (κ1) is 94.1. The summed E-state index contributed by atoms with van der Waals surface area (Å²) in [6, 6.07) is 56.2. The number of hydrogen-bond acceptors (Lipinski definition) is 8. The molecule has 92 heavy (non-hydrogen) atoms. The van der Waals surface area contributed by atoms with Crippen LogP contribution in [0.25, 0.3) is 11.1 Å². The van der Waals surface area contributed by atoms with Crippen molar-refractivity contribution in [3.8, 4) is 11.1 Å². The van der Waals surface area contributed by atoms with Crippen molar-refractivity contribution in [3.05, 3.63) is 237 Å². The number of ether oxygens (including phenoxy) is 4. The van der Waals surface area contributed by atoms with Gasteiger partial charge < -0.3 is 25.9 Å². The van der Waals surface area contributed by atoms with Crippen molar-refractivity contribution in [2.24, 2.45) is 0 Å². The number of benzene rings is 6. The van der Waals surface area contributed by atoms with E-state index in [2.05, 4.69) is 295 Å². The van der Waals surface area contributed by atoms with Crippen LogP contribution in [-0.4, -0.2) is 81.9 Å². The maximum atomic E-state index is 11.7. The number of hydrogen-bond donors (Lipinski definition) is 0. The van der Waals surface area contributed by atoms with Crippen molar-refractivity contribution >= 4 is 183 Å². The Balaban J connectivity index is -0.00000104. The zero-order chi connectivity index (χ0) is 70.8. The minimum atomic E-state index is -1.42. The molecule has 0 saturated heterocycles. The Kier molecular flexibility index (Phi) is 57.2. The summed E-state index contributed by atoms with van der Waals surface area (Å²) < 4.78 is 23.1. The molecule has 20 heteroatoms. The molecule has 494 valence electrons. The quantitative estimate of drug-likeness (QED) is 0.0126. The van der Waals surface area contributed by atoms with Crippen molar-refractivity contribution in [2.75, 3.05) is 26.4 Å². The van der Waals surface area contributed by atoms with Gasteiger partial charge in [-0.1, -0.05) is 171 Å². The average molecular weight is 1960 g/mol. The Bertz CT molecular complexity index is 2950. The van der Waals surface area contributed by atoms with Crippen LogP contribution in [-0.2, 0) is 66.1 Å². The van der Waals surface area contributed by atoms with Crippen LogP contribution < -0.4 is 15.6 Å². The van der Waals surface area contributed by atoms with Gasteiger partial charge in [-0.15, -0.1) is 26.3 Å². The van der Waals surface area contributed by atoms with Crippen molar-refractivity contribution in [3.63, 3.8) is 0 Å². The second-order valence-corrected chi connectivity index (χ2v) is 47.1. The summed E-state index contributed by atoms with van der Waals surface area (Å²) >= 11 is 20.7. The predicted octanol–water partition coefficient (Wildman–Crippen LogP) is 21.0. The molecule has 0 aliphatic heterocycles. The molecule has 0 unspecified atom stereocenters. The molecule has 0 atom stereocenters. The van der Waals surface area contributed by atoms with Crippen LogP contribution in [0.15, 0.2) is 196 Å². The van der Waals surface area contributed by atoms with Crippen molar-refractivity contribution in [2.45, 2.75) is 124 Å². The van der Waals surface area contributed by atoms with Gasteiger partial charge in [0.15, 0.2) is 7.38 Å². The van der Waals surface area contributed by atoms with Crippen LogP contribution in [0.3, 0.4) is 0 Å². The van der Waals surface area contributed by atoms with E-state index in [0.717, 1.165) is 41.7 Å². The van der Waals surface area contributed by atoms with Gasteiger partial charge in [-0.25, -0.2) is 9.59 Å². The van der Waals surface area contributed by atoms with Gasteiger partial charge in [-0.05, 0) is 197 Å². The number of rotatable bonds is 22. The zero-order valence-electron chi connectivity index (χ0n) is 56.4. The molecule has 0 saturated carbocycles. The second-order valence-electron chi connectivity index (χ2n) is 22.2. The van der Waals surface area contributed by atoms with Crippen LogP contribution in [0.1, 0.15) is 66.8 Å². The van der Waals surface area contributed by atoms with Crippen LogP contribution in [0.5, 0.6) is 0 Å². The van der Waals surface area contributed by atoms with E-state index in [0.29, 0.717) is 44.0 Å². The van der Waals surface area contributed by atoms with Gasteiger partial charge in [-0.3, -0.25) is 9.59 Å². The topological polar surface area (TPSA) is 105 Å². The minimum absolute atomic E-state index is 0.118. The van der Waals surface area contributed by atoms with Crippen LogP contribution in [0.4, 0.5) is 0 Å². The van der Waals surface area contributed by atoms with E-state index in [1.807, 2.05) is 62.4 Å². The molecule has 0 radical (unpaired) electrons. The molecule has 0 bridgehead atoms. The van der Waals surface area contributed by atoms with E-state index < -0.39 is 31.6 Å². The molecule has 6 rings (SSSR count). The third kappa shape index (κ3) is 45.5. The predicted molar refractivity (Wildman–Crippen MR) is 436 cm³/mol. The van der Waals surface area contributed by atoms with Crippen molar-refractivity contribution in [1.82, 2.24) is 0 Å². The summed E-state index contributed by atoms with van der Waals surface area (Å²) in [5.74, 6) is -0.900. The molecular weight excluding hydrogens is 1860 g/mol. The van der Waals surface area contributed by atoms with Gasteiger partial charge in [0.1, 0.15) is 0 Å². The Morgan fingerprint density at radius 3 is 1.07 bits per heavy atom. The number of aryl methyl sites for hydroxylation is 1. The normalized spacial score (nSPS) is 10.2. The SMILES string of the molecule is C=CC[Si](C)(C)Cl.C=CC[Si](C)(C)c1ccc(-c2ccc(C(=O)OCC)cc2)cc1.C=CC[Si](C)(C)c1ccc(CCC(=O)OCC)cc1.C=CC[Si](C)(C)c1ccc(I)cc1.CCOC(=O)c1cc[c-]cc1.Ic1ccc(I)cc1.[CH2-]CC(=O)OCC.[Zn+][Br].[Zn+][I]. The van der Waals surface area contributed by atoms with Crippen molar-refractivity contribution < 1.29 is 69.3 Å². The van der Waals surface area contributed by atoms with Gasteiger partial charge in [0.05, 0.1) is 56.2 Å².